The molecular weight excluding hydrogens is 212 g/mol. The van der Waals surface area contributed by atoms with E-state index >= 15 is 0 Å². The summed E-state index contributed by atoms with van der Waals surface area (Å²) in [4.78, 5) is 11.5. The largest absolute Gasteiger partial charge is 0.509 e. The molecule has 0 aliphatic carbocycles. The van der Waals surface area contributed by atoms with Crippen molar-refractivity contribution >= 4 is 6.16 Å². The molecule has 5 nitrogen and oxygen atoms in total. The third kappa shape index (κ3) is 1.34. The van der Waals surface area contributed by atoms with E-state index in [0.29, 0.717) is 26.4 Å². The van der Waals surface area contributed by atoms with Gasteiger partial charge in [0.05, 0.1) is 26.4 Å². The van der Waals surface area contributed by atoms with Crippen LogP contribution in [0.4, 0.5) is 4.79 Å². The van der Waals surface area contributed by atoms with Gasteiger partial charge in [-0.2, -0.15) is 0 Å². The average Bonchev–Trinajstić information content (AvgIpc) is 2.53. The molecule has 0 saturated carbocycles. The topological polar surface area (TPSA) is 54.0 Å². The van der Waals surface area contributed by atoms with Crippen LogP contribution in [0.1, 0.15) is 25.7 Å². The minimum Gasteiger partial charge on any atom is -0.423 e. The Kier molecular flexibility index (Phi) is 2.33. The highest BCUT2D eigenvalue weighted by Gasteiger charge is 2.63. The summed E-state index contributed by atoms with van der Waals surface area (Å²) < 4.78 is 21.7. The lowest BCUT2D eigenvalue weighted by Crippen LogP contribution is -2.57. The van der Waals surface area contributed by atoms with Crippen molar-refractivity contribution in [1.29, 1.82) is 0 Å². The highest BCUT2D eigenvalue weighted by molar-refractivity contribution is 5.64. The van der Waals surface area contributed by atoms with E-state index in [2.05, 4.69) is 0 Å². The maximum atomic E-state index is 11.5. The number of carbonyl (C=O) groups excluding carboxylic acids is 1. The van der Waals surface area contributed by atoms with Gasteiger partial charge in [-0.25, -0.2) is 4.79 Å². The minimum atomic E-state index is -0.524. The van der Waals surface area contributed by atoms with Crippen molar-refractivity contribution < 1.29 is 23.7 Å². The summed E-state index contributed by atoms with van der Waals surface area (Å²) in [5.74, 6) is 0. The molecule has 5 heteroatoms. The molecule has 0 unspecified atom stereocenters. The zero-order valence-corrected chi connectivity index (χ0v) is 9.20. The summed E-state index contributed by atoms with van der Waals surface area (Å²) in [5, 5.41) is 0. The fourth-order valence-electron chi connectivity index (χ4n) is 3.04. The van der Waals surface area contributed by atoms with E-state index in [4.69, 9.17) is 18.9 Å². The molecule has 3 heterocycles. The van der Waals surface area contributed by atoms with E-state index in [1.54, 1.807) is 0 Å². The van der Waals surface area contributed by atoms with Crippen LogP contribution in [0.2, 0.25) is 0 Å². The smallest absolute Gasteiger partial charge is 0.423 e. The summed E-state index contributed by atoms with van der Waals surface area (Å²) in [6.07, 6.45) is 2.42. The molecule has 3 rings (SSSR count). The first-order valence-electron chi connectivity index (χ1n) is 5.84. The molecule has 0 N–H and O–H groups in total. The summed E-state index contributed by atoms with van der Waals surface area (Å²) in [6.45, 7) is 2.55. The van der Waals surface area contributed by atoms with Crippen molar-refractivity contribution in [2.75, 3.05) is 26.4 Å². The normalized spacial score (nSPS) is 31.4. The molecule has 0 aromatic rings. The molecule has 2 spiro atoms. The first kappa shape index (κ1) is 10.4. The van der Waals surface area contributed by atoms with E-state index in [-0.39, 0.29) is 0 Å². The molecule has 3 saturated heterocycles. The van der Waals surface area contributed by atoms with Crippen LogP contribution in [-0.2, 0) is 18.9 Å². The van der Waals surface area contributed by atoms with Gasteiger partial charge in [0.15, 0.2) is 11.2 Å². The molecule has 0 radical (unpaired) electrons. The Labute approximate surface area is 94.0 Å². The second-order valence-electron chi connectivity index (χ2n) is 4.67. The summed E-state index contributed by atoms with van der Waals surface area (Å²) in [5.41, 5.74) is -0.932. The van der Waals surface area contributed by atoms with E-state index in [9.17, 15) is 4.79 Å². The van der Waals surface area contributed by atoms with Gasteiger partial charge in [-0.1, -0.05) is 0 Å². The first-order chi connectivity index (χ1) is 7.77. The molecule has 3 aliphatic heterocycles. The molecule has 0 aromatic carbocycles. The highest BCUT2D eigenvalue weighted by atomic mass is 16.8. The van der Waals surface area contributed by atoms with Gasteiger partial charge in [-0.05, 0) is 0 Å². The van der Waals surface area contributed by atoms with Gasteiger partial charge in [0.2, 0.25) is 0 Å². The van der Waals surface area contributed by atoms with Crippen LogP contribution >= 0.6 is 0 Å². The second-order valence-corrected chi connectivity index (χ2v) is 4.67. The lowest BCUT2D eigenvalue weighted by molar-refractivity contribution is -0.147. The van der Waals surface area contributed by atoms with E-state index < -0.39 is 17.4 Å². The maximum absolute atomic E-state index is 11.5. The molecular formula is C11H16O5. The standard InChI is InChI=1S/C11H16O5/c12-9-15-10(1-5-13-6-2-10)11(16-9)3-7-14-8-4-11/h1-8H2. The van der Waals surface area contributed by atoms with Crippen LogP contribution in [0, 0.1) is 0 Å². The number of rotatable bonds is 0. The molecule has 0 atom stereocenters. The maximum Gasteiger partial charge on any atom is 0.509 e. The van der Waals surface area contributed by atoms with Gasteiger partial charge in [0, 0.05) is 25.7 Å². The SMILES string of the molecule is O=C1OC2(CCOCC2)C2(CCOCC2)O1. The van der Waals surface area contributed by atoms with Gasteiger partial charge in [-0.3, -0.25) is 0 Å². The van der Waals surface area contributed by atoms with Gasteiger partial charge >= 0.3 is 6.16 Å². The second kappa shape index (κ2) is 3.60. The Morgan fingerprint density at radius 3 is 1.50 bits per heavy atom. The third-order valence-electron chi connectivity index (χ3n) is 3.99. The quantitative estimate of drug-likeness (QED) is 0.584. The monoisotopic (exact) mass is 228 g/mol. The van der Waals surface area contributed by atoms with Crippen molar-refractivity contribution in [2.24, 2.45) is 0 Å². The zero-order chi connectivity index (χ0) is 11.1. The van der Waals surface area contributed by atoms with Crippen LogP contribution in [0.3, 0.4) is 0 Å². The average molecular weight is 228 g/mol. The number of hydrogen-bond acceptors (Lipinski definition) is 5. The molecule has 16 heavy (non-hydrogen) atoms. The Morgan fingerprint density at radius 2 is 1.12 bits per heavy atom. The van der Waals surface area contributed by atoms with E-state index in [0.717, 1.165) is 25.7 Å². The Bertz CT molecular complexity index is 261. The number of fused-ring (bicyclic) bond motifs is 1. The lowest BCUT2D eigenvalue weighted by atomic mass is 9.73. The van der Waals surface area contributed by atoms with Crippen molar-refractivity contribution in [3.8, 4) is 0 Å². The van der Waals surface area contributed by atoms with Crippen LogP contribution in [0.5, 0.6) is 0 Å². The molecule has 0 aromatic heterocycles. The molecule has 0 amide bonds. The Hall–Kier alpha value is -0.810. The van der Waals surface area contributed by atoms with Gasteiger partial charge in [-0.15, -0.1) is 0 Å². The predicted molar refractivity (Wildman–Crippen MR) is 53.1 cm³/mol. The zero-order valence-electron chi connectivity index (χ0n) is 9.20. The molecule has 3 aliphatic rings. The van der Waals surface area contributed by atoms with E-state index in [1.807, 2.05) is 0 Å². The summed E-state index contributed by atoms with van der Waals surface area (Å²) in [7, 11) is 0. The van der Waals surface area contributed by atoms with Gasteiger partial charge < -0.3 is 18.9 Å². The lowest BCUT2D eigenvalue weighted by Gasteiger charge is -2.44. The fourth-order valence-corrected chi connectivity index (χ4v) is 3.04. The van der Waals surface area contributed by atoms with E-state index in [1.165, 1.54) is 0 Å². The highest BCUT2D eigenvalue weighted by Crippen LogP contribution is 2.49. The van der Waals surface area contributed by atoms with Crippen LogP contribution < -0.4 is 0 Å². The third-order valence-corrected chi connectivity index (χ3v) is 3.99. The number of hydrogen-bond donors (Lipinski definition) is 0. The van der Waals surface area contributed by atoms with Crippen LogP contribution in [0.15, 0.2) is 0 Å². The fraction of sp³-hybridized carbons (Fsp3) is 0.909. The van der Waals surface area contributed by atoms with Crippen molar-refractivity contribution in [1.82, 2.24) is 0 Å². The Balaban J connectivity index is 1.91. The van der Waals surface area contributed by atoms with Gasteiger partial charge in [0.25, 0.3) is 0 Å². The molecule has 90 valence electrons. The van der Waals surface area contributed by atoms with Crippen LogP contribution in [0.25, 0.3) is 0 Å². The molecule has 3 fully saturated rings. The summed E-state index contributed by atoms with van der Waals surface area (Å²) in [6, 6.07) is 0. The Morgan fingerprint density at radius 1 is 0.750 bits per heavy atom. The van der Waals surface area contributed by atoms with Crippen LogP contribution in [-0.4, -0.2) is 43.8 Å². The number of ether oxygens (including phenoxy) is 4. The predicted octanol–water partition coefficient (Wildman–Crippen LogP) is 1.25. The van der Waals surface area contributed by atoms with Gasteiger partial charge in [0.1, 0.15) is 0 Å². The van der Waals surface area contributed by atoms with Crippen molar-refractivity contribution in [3.05, 3.63) is 0 Å². The van der Waals surface area contributed by atoms with Crippen molar-refractivity contribution in [2.45, 2.75) is 36.9 Å². The minimum absolute atomic E-state index is 0.466. The molecule has 0 bridgehead atoms. The first-order valence-corrected chi connectivity index (χ1v) is 5.84. The van der Waals surface area contributed by atoms with Crippen molar-refractivity contribution in [3.63, 3.8) is 0 Å². The summed E-state index contributed by atoms with van der Waals surface area (Å²) >= 11 is 0. The number of carbonyl (C=O) groups is 1.